The summed E-state index contributed by atoms with van der Waals surface area (Å²) in [6.45, 7) is 4.79. The Hall–Kier alpha value is -7.29. The molecule has 0 spiro atoms. The van der Waals surface area contributed by atoms with Crippen molar-refractivity contribution in [3.8, 4) is 0 Å². The molecule has 400 valence electrons. The highest BCUT2D eigenvalue weighted by Crippen LogP contribution is 2.32. The third kappa shape index (κ3) is 13.2. The van der Waals surface area contributed by atoms with Crippen LogP contribution in [0.4, 0.5) is 13.6 Å². The minimum Gasteiger partial charge on any atom is -0.452 e. The predicted octanol–water partition coefficient (Wildman–Crippen LogP) is 3.59. The number of ether oxygens (including phenoxy) is 1. The summed E-state index contributed by atoms with van der Waals surface area (Å²) in [5.74, 6) is -1.70. The number of carbonyl (C=O) groups excluding carboxylic acids is 5. The Morgan fingerprint density at radius 2 is 1.11 bits per heavy atom. The standard InChI is InChI=1S/C26H31FN8O6S.C22H26FN7O2.ClH/c1-16-11-18(5-8-20(16)27)14-28-23(36)21-12-22(35-25(32-21)30-15-31-35)24(37)29-13-17-3-6-19(7-4-17)33-9-10-34(26(38)41-2)42(33,39)40;1-13-8-15(4-7-17(13)23)11-25-20(31)18-9-19(30-22(29-18)27-12-28-30)21(32)26-10-14-2-5-16(24)6-3-14;/h5,8,11-12,15,17,19H,3-4,6-7,9-10,13-14H2,1-2H3,(H,28,36)(H,29,37);4,7-9,12,14,16H,2-3,5-6,10-11,24H2,1H3,(H,25,31)(H,26,32);1H. The Kier molecular flexibility index (Phi) is 18.0. The third-order valence-corrected chi connectivity index (χ3v) is 15.4. The number of halogens is 3. The van der Waals surface area contributed by atoms with Crippen molar-refractivity contribution >= 4 is 63.9 Å². The average Bonchev–Trinajstić information content (AvgIpc) is 4.16. The van der Waals surface area contributed by atoms with E-state index in [1.54, 1.807) is 38.1 Å². The van der Waals surface area contributed by atoms with Gasteiger partial charge in [0.15, 0.2) is 0 Å². The number of nitrogens with one attached hydrogen (secondary N) is 4. The number of methoxy groups -OCH3 is 1. The van der Waals surface area contributed by atoms with E-state index in [1.165, 1.54) is 50.3 Å². The van der Waals surface area contributed by atoms with Gasteiger partial charge in [-0.1, -0.05) is 24.3 Å². The van der Waals surface area contributed by atoms with Gasteiger partial charge in [-0.3, -0.25) is 19.2 Å². The van der Waals surface area contributed by atoms with E-state index in [0.29, 0.717) is 61.4 Å². The summed E-state index contributed by atoms with van der Waals surface area (Å²) >= 11 is 0. The first kappa shape index (κ1) is 55.5. The number of hydrogen-bond acceptors (Lipinski definition) is 15. The predicted molar refractivity (Wildman–Crippen MR) is 269 cm³/mol. The largest absolute Gasteiger partial charge is 0.452 e. The summed E-state index contributed by atoms with van der Waals surface area (Å²) in [5.41, 5.74) is 8.67. The van der Waals surface area contributed by atoms with Crippen LogP contribution in [-0.2, 0) is 28.0 Å². The Balaban J connectivity index is 0.000000224. The van der Waals surface area contributed by atoms with Crippen LogP contribution in [0.25, 0.3) is 11.6 Å². The first-order valence-corrected chi connectivity index (χ1v) is 25.6. The summed E-state index contributed by atoms with van der Waals surface area (Å²) in [6, 6.07) is 11.9. The lowest BCUT2D eigenvalue weighted by Gasteiger charge is -2.33. The van der Waals surface area contributed by atoms with Gasteiger partial charge in [-0.2, -0.15) is 46.2 Å². The van der Waals surface area contributed by atoms with Crippen molar-refractivity contribution in [2.45, 2.75) is 90.4 Å². The molecule has 9 rings (SSSR count). The minimum atomic E-state index is -3.92. The minimum absolute atomic E-state index is 0. The fourth-order valence-corrected chi connectivity index (χ4v) is 11.0. The van der Waals surface area contributed by atoms with Crippen molar-refractivity contribution in [3.05, 3.63) is 118 Å². The summed E-state index contributed by atoms with van der Waals surface area (Å²) in [4.78, 5) is 79.9. The molecule has 2 saturated carbocycles. The maximum absolute atomic E-state index is 13.5. The van der Waals surface area contributed by atoms with Gasteiger partial charge in [0.2, 0.25) is 0 Å². The molecule has 0 bridgehead atoms. The molecule has 0 unspecified atom stereocenters. The van der Waals surface area contributed by atoms with Crippen LogP contribution in [0.15, 0.2) is 61.2 Å². The second-order valence-electron chi connectivity index (χ2n) is 18.6. The number of benzene rings is 2. The SMILES string of the molecule is COC(=O)N1CCN(C2CCC(CNC(=O)c3cc(C(=O)NCc4ccc(F)c(C)c4)nc4ncnn34)CC2)S1(=O)=O.Cc1cc(CNC(=O)c2cc(C(=O)NCC3CCC(N)CC3)n3ncnc3n2)ccc1F.Cl. The molecule has 1 aliphatic heterocycles. The van der Waals surface area contributed by atoms with Crippen LogP contribution >= 0.6 is 12.4 Å². The quantitative estimate of drug-likeness (QED) is 0.110. The lowest BCUT2D eigenvalue weighted by atomic mass is 9.86. The van der Waals surface area contributed by atoms with E-state index in [0.717, 1.165) is 42.7 Å². The lowest BCUT2D eigenvalue weighted by Crippen LogP contribution is -2.44. The smallest absolute Gasteiger partial charge is 0.424 e. The molecule has 6 aromatic rings. The number of hydrogen-bond donors (Lipinski definition) is 5. The van der Waals surface area contributed by atoms with E-state index < -0.39 is 34.0 Å². The van der Waals surface area contributed by atoms with Gasteiger partial charge in [0.1, 0.15) is 47.1 Å². The van der Waals surface area contributed by atoms with Crippen molar-refractivity contribution in [3.63, 3.8) is 0 Å². The highest BCUT2D eigenvalue weighted by Gasteiger charge is 2.45. The Labute approximate surface area is 436 Å². The molecule has 3 aliphatic rings. The monoisotopic (exact) mass is 1080 g/mol. The molecule has 5 heterocycles. The number of aryl methyl sites for hydroxylation is 2. The molecule has 0 atom stereocenters. The van der Waals surface area contributed by atoms with Crippen molar-refractivity contribution < 1.29 is 45.9 Å². The van der Waals surface area contributed by atoms with E-state index in [1.807, 2.05) is 0 Å². The van der Waals surface area contributed by atoms with E-state index in [-0.39, 0.29) is 108 Å². The van der Waals surface area contributed by atoms with Gasteiger partial charge in [-0.25, -0.2) is 23.5 Å². The Morgan fingerprint density at radius 3 is 1.55 bits per heavy atom. The van der Waals surface area contributed by atoms with Crippen molar-refractivity contribution in [1.82, 2.24) is 69.0 Å². The maximum atomic E-state index is 13.5. The second-order valence-corrected chi connectivity index (χ2v) is 20.4. The van der Waals surface area contributed by atoms with E-state index >= 15 is 0 Å². The first-order chi connectivity index (χ1) is 35.5. The third-order valence-electron chi connectivity index (χ3n) is 13.5. The zero-order chi connectivity index (χ0) is 52.7. The fraction of sp³-hybridized carbons (Fsp3) is 0.438. The van der Waals surface area contributed by atoms with Gasteiger partial charge in [-0.05, 0) is 111 Å². The van der Waals surface area contributed by atoms with Crippen LogP contribution in [0.3, 0.4) is 0 Å². The van der Waals surface area contributed by atoms with Crippen LogP contribution in [0, 0.1) is 37.3 Å². The highest BCUT2D eigenvalue weighted by atomic mass is 35.5. The number of nitrogens with two attached hydrogens (primary N) is 1. The summed E-state index contributed by atoms with van der Waals surface area (Å²) in [6.07, 6.45) is 8.05. The molecule has 3 fully saturated rings. The molecule has 5 amide bonds. The number of carbonyl (C=O) groups is 5. The number of nitrogens with zero attached hydrogens (tertiary/aromatic N) is 10. The molecule has 2 aliphatic carbocycles. The molecule has 23 nitrogen and oxygen atoms in total. The zero-order valence-corrected chi connectivity index (χ0v) is 43.0. The summed E-state index contributed by atoms with van der Waals surface area (Å²) < 4.78 is 61.8. The van der Waals surface area contributed by atoms with Crippen LogP contribution in [0.2, 0.25) is 0 Å². The van der Waals surface area contributed by atoms with Crippen molar-refractivity contribution in [1.29, 1.82) is 0 Å². The topological polar surface area (TPSA) is 295 Å². The van der Waals surface area contributed by atoms with Crippen LogP contribution in [0.1, 0.15) is 116 Å². The Bertz CT molecular complexity index is 3180. The van der Waals surface area contributed by atoms with Gasteiger partial charge >= 0.3 is 16.3 Å². The number of amides is 5. The molecule has 4 aromatic heterocycles. The Morgan fingerprint density at radius 1 is 0.653 bits per heavy atom. The molecular formula is C48H58ClF2N15O8S. The normalized spacial score (nSPS) is 19.3. The second kappa shape index (κ2) is 24.4. The number of rotatable bonds is 13. The van der Waals surface area contributed by atoms with Crippen LogP contribution in [-0.4, -0.2) is 131 Å². The van der Waals surface area contributed by atoms with Crippen LogP contribution < -0.4 is 27.0 Å². The summed E-state index contributed by atoms with van der Waals surface area (Å²) in [5, 5.41) is 19.4. The van der Waals surface area contributed by atoms with Gasteiger partial charge in [0.25, 0.3) is 35.2 Å². The van der Waals surface area contributed by atoms with E-state index in [9.17, 15) is 41.2 Å². The van der Waals surface area contributed by atoms with Gasteiger partial charge in [0.05, 0.1) is 13.7 Å². The maximum Gasteiger partial charge on any atom is 0.424 e. The lowest BCUT2D eigenvalue weighted by molar-refractivity contribution is 0.0921. The molecule has 6 N–H and O–H groups in total. The molecular weight excluding hydrogens is 1020 g/mol. The number of fused-ring (bicyclic) bond motifs is 2. The van der Waals surface area contributed by atoms with E-state index in [4.69, 9.17) is 5.73 Å². The van der Waals surface area contributed by atoms with Crippen molar-refractivity contribution in [2.75, 3.05) is 33.3 Å². The number of aromatic nitrogens is 8. The average molecular weight is 1080 g/mol. The fourth-order valence-electron chi connectivity index (χ4n) is 9.25. The van der Waals surface area contributed by atoms with Gasteiger partial charge in [0, 0.05) is 56.9 Å². The molecule has 1 saturated heterocycles. The molecule has 0 radical (unpaired) electrons. The van der Waals surface area contributed by atoms with Gasteiger partial charge < -0.3 is 31.7 Å². The highest BCUT2D eigenvalue weighted by molar-refractivity contribution is 7.87. The van der Waals surface area contributed by atoms with E-state index in [2.05, 4.69) is 56.1 Å². The summed E-state index contributed by atoms with van der Waals surface area (Å²) in [7, 11) is -2.77. The molecule has 75 heavy (non-hydrogen) atoms. The molecule has 27 heteroatoms. The zero-order valence-electron chi connectivity index (χ0n) is 41.4. The first-order valence-electron chi connectivity index (χ1n) is 24.2. The molecule has 2 aromatic carbocycles. The van der Waals surface area contributed by atoms with Gasteiger partial charge in [-0.15, -0.1) is 12.4 Å². The van der Waals surface area contributed by atoms with Crippen LogP contribution in [0.5, 0.6) is 0 Å². The van der Waals surface area contributed by atoms with Crippen molar-refractivity contribution in [2.24, 2.45) is 17.6 Å².